The van der Waals surface area contributed by atoms with Gasteiger partial charge in [0.05, 0.1) is 0 Å². The third kappa shape index (κ3) is 7.04. The first-order chi connectivity index (χ1) is 5.16. The van der Waals surface area contributed by atoms with Crippen LogP contribution in [0.2, 0.25) is 0 Å². The van der Waals surface area contributed by atoms with Crippen LogP contribution in [-0.2, 0) is 0 Å². The summed E-state index contributed by atoms with van der Waals surface area (Å²) in [6, 6.07) is 0.393. The third-order valence-electron chi connectivity index (χ3n) is 1.15. The summed E-state index contributed by atoms with van der Waals surface area (Å²) in [5, 5.41) is 0. The molecule has 0 spiro atoms. The van der Waals surface area contributed by atoms with Crippen LogP contribution in [0.15, 0.2) is 28.8 Å². The summed E-state index contributed by atoms with van der Waals surface area (Å²) in [5.74, 6) is 0. The molecule has 0 aromatic rings. The predicted octanol–water partition coefficient (Wildman–Crippen LogP) is 2.99. The van der Waals surface area contributed by atoms with Gasteiger partial charge >= 0.3 is 0 Å². The standard InChI is InChI=1S/C10H17N/c1-5-6-10(4)7-8-11-9(2)3/h5-9H,1-4H3/b6-5-,10-7-,11-8+. The van der Waals surface area contributed by atoms with Gasteiger partial charge in [0, 0.05) is 12.3 Å². The lowest BCUT2D eigenvalue weighted by atomic mass is 10.2. The van der Waals surface area contributed by atoms with Crippen LogP contribution in [0.25, 0.3) is 0 Å². The number of allylic oxidation sites excluding steroid dienone is 4. The van der Waals surface area contributed by atoms with Gasteiger partial charge in [-0.15, -0.1) is 0 Å². The van der Waals surface area contributed by atoms with Crippen LogP contribution in [0, 0.1) is 0 Å². The fourth-order valence-corrected chi connectivity index (χ4v) is 0.651. The number of hydrogen-bond donors (Lipinski definition) is 0. The second-order valence-electron chi connectivity index (χ2n) is 2.80. The Morgan fingerprint density at radius 2 is 2.00 bits per heavy atom. The maximum atomic E-state index is 4.21. The van der Waals surface area contributed by atoms with Crippen molar-refractivity contribution in [3.05, 3.63) is 23.8 Å². The molecule has 0 unspecified atom stereocenters. The molecule has 0 aliphatic rings. The first-order valence-corrected chi connectivity index (χ1v) is 3.99. The highest BCUT2D eigenvalue weighted by Gasteiger charge is 1.81. The van der Waals surface area contributed by atoms with E-state index in [0.29, 0.717) is 6.04 Å². The Bertz CT molecular complexity index is 173. The molecule has 0 atom stereocenters. The molecule has 0 amide bonds. The van der Waals surface area contributed by atoms with Crippen LogP contribution in [0.3, 0.4) is 0 Å². The number of aliphatic imine (C=N–C) groups is 1. The predicted molar refractivity (Wildman–Crippen MR) is 52.2 cm³/mol. The van der Waals surface area contributed by atoms with E-state index in [9.17, 15) is 0 Å². The van der Waals surface area contributed by atoms with Crippen LogP contribution in [0.4, 0.5) is 0 Å². The highest BCUT2D eigenvalue weighted by molar-refractivity contribution is 5.72. The molecule has 0 saturated carbocycles. The van der Waals surface area contributed by atoms with Crippen molar-refractivity contribution in [2.75, 3.05) is 0 Å². The van der Waals surface area contributed by atoms with Gasteiger partial charge in [0.2, 0.25) is 0 Å². The summed E-state index contributed by atoms with van der Waals surface area (Å²) in [6.07, 6.45) is 7.96. The molecule has 0 radical (unpaired) electrons. The number of hydrogen-bond acceptors (Lipinski definition) is 1. The van der Waals surface area contributed by atoms with E-state index in [2.05, 4.69) is 31.8 Å². The Balaban J connectivity index is 3.91. The number of rotatable bonds is 3. The Hall–Kier alpha value is -0.850. The first kappa shape index (κ1) is 10.2. The molecule has 0 bridgehead atoms. The summed E-state index contributed by atoms with van der Waals surface area (Å²) >= 11 is 0. The minimum absolute atomic E-state index is 0.393. The average Bonchev–Trinajstić information content (AvgIpc) is 1.87. The zero-order valence-electron chi connectivity index (χ0n) is 7.83. The van der Waals surface area contributed by atoms with Gasteiger partial charge in [-0.25, -0.2) is 0 Å². The molecule has 1 heteroatoms. The fourth-order valence-electron chi connectivity index (χ4n) is 0.651. The SMILES string of the molecule is C\C=C/C(C)=C\C=N\C(C)C. The van der Waals surface area contributed by atoms with Crippen molar-refractivity contribution in [2.24, 2.45) is 4.99 Å². The van der Waals surface area contributed by atoms with Gasteiger partial charge in [-0.3, -0.25) is 4.99 Å². The van der Waals surface area contributed by atoms with Crippen molar-refractivity contribution in [1.29, 1.82) is 0 Å². The van der Waals surface area contributed by atoms with E-state index in [0.717, 1.165) is 0 Å². The zero-order chi connectivity index (χ0) is 8.69. The molecule has 0 aromatic carbocycles. The number of nitrogens with zero attached hydrogens (tertiary/aromatic N) is 1. The Morgan fingerprint density at radius 1 is 1.36 bits per heavy atom. The average molecular weight is 151 g/mol. The van der Waals surface area contributed by atoms with Gasteiger partial charge in [-0.2, -0.15) is 0 Å². The van der Waals surface area contributed by atoms with E-state index in [4.69, 9.17) is 0 Å². The van der Waals surface area contributed by atoms with E-state index < -0.39 is 0 Å². The molecule has 11 heavy (non-hydrogen) atoms. The van der Waals surface area contributed by atoms with Crippen LogP contribution in [0.1, 0.15) is 27.7 Å². The lowest BCUT2D eigenvalue weighted by Gasteiger charge is -1.91. The van der Waals surface area contributed by atoms with Crippen molar-refractivity contribution in [3.63, 3.8) is 0 Å². The van der Waals surface area contributed by atoms with E-state index in [1.54, 1.807) is 0 Å². The topological polar surface area (TPSA) is 12.4 Å². The molecule has 62 valence electrons. The highest BCUT2D eigenvalue weighted by atomic mass is 14.7. The van der Waals surface area contributed by atoms with Crippen molar-refractivity contribution < 1.29 is 0 Å². The molecule has 0 N–H and O–H groups in total. The van der Waals surface area contributed by atoms with Gasteiger partial charge in [-0.05, 0) is 39.3 Å². The second kappa shape index (κ2) is 5.90. The summed E-state index contributed by atoms with van der Waals surface area (Å²) in [6.45, 7) is 8.20. The summed E-state index contributed by atoms with van der Waals surface area (Å²) < 4.78 is 0. The summed E-state index contributed by atoms with van der Waals surface area (Å²) in [5.41, 5.74) is 1.23. The Kier molecular flexibility index (Phi) is 5.44. The third-order valence-corrected chi connectivity index (χ3v) is 1.15. The van der Waals surface area contributed by atoms with E-state index in [1.807, 2.05) is 25.3 Å². The minimum atomic E-state index is 0.393. The summed E-state index contributed by atoms with van der Waals surface area (Å²) in [4.78, 5) is 4.21. The van der Waals surface area contributed by atoms with Gasteiger partial charge in [-0.1, -0.05) is 12.2 Å². The normalized spacial score (nSPS) is 14.1. The molecule has 0 saturated heterocycles. The quantitative estimate of drug-likeness (QED) is 0.434. The van der Waals surface area contributed by atoms with Crippen molar-refractivity contribution in [2.45, 2.75) is 33.7 Å². The molecule has 0 aromatic heterocycles. The zero-order valence-corrected chi connectivity index (χ0v) is 7.83. The van der Waals surface area contributed by atoms with Crippen LogP contribution >= 0.6 is 0 Å². The van der Waals surface area contributed by atoms with Gasteiger partial charge in [0.1, 0.15) is 0 Å². The molecule has 0 rings (SSSR count). The summed E-state index contributed by atoms with van der Waals surface area (Å²) in [7, 11) is 0. The Labute approximate surface area is 69.5 Å². The van der Waals surface area contributed by atoms with E-state index >= 15 is 0 Å². The van der Waals surface area contributed by atoms with Crippen molar-refractivity contribution in [1.82, 2.24) is 0 Å². The molecule has 0 fully saturated rings. The molecule has 0 aliphatic heterocycles. The largest absolute Gasteiger partial charge is 0.290 e. The lowest BCUT2D eigenvalue weighted by Crippen LogP contribution is -1.86. The molecule has 1 nitrogen and oxygen atoms in total. The highest BCUT2D eigenvalue weighted by Crippen LogP contribution is 1.92. The van der Waals surface area contributed by atoms with E-state index in [-0.39, 0.29) is 0 Å². The van der Waals surface area contributed by atoms with Crippen LogP contribution in [-0.4, -0.2) is 12.3 Å². The van der Waals surface area contributed by atoms with Crippen molar-refractivity contribution in [3.8, 4) is 0 Å². The minimum Gasteiger partial charge on any atom is -0.290 e. The van der Waals surface area contributed by atoms with Gasteiger partial charge < -0.3 is 0 Å². The smallest absolute Gasteiger partial charge is 0.0443 e. The molecular formula is C10H17N. The second-order valence-corrected chi connectivity index (χ2v) is 2.80. The Morgan fingerprint density at radius 3 is 2.45 bits per heavy atom. The molecule has 0 aliphatic carbocycles. The van der Waals surface area contributed by atoms with E-state index in [1.165, 1.54) is 5.57 Å². The maximum absolute atomic E-state index is 4.21. The monoisotopic (exact) mass is 151 g/mol. The maximum Gasteiger partial charge on any atom is 0.0443 e. The van der Waals surface area contributed by atoms with Crippen LogP contribution < -0.4 is 0 Å². The van der Waals surface area contributed by atoms with Crippen molar-refractivity contribution >= 4 is 6.21 Å². The van der Waals surface area contributed by atoms with Crippen LogP contribution in [0.5, 0.6) is 0 Å². The fraction of sp³-hybridized carbons (Fsp3) is 0.500. The molecular weight excluding hydrogens is 134 g/mol. The first-order valence-electron chi connectivity index (χ1n) is 3.99. The van der Waals surface area contributed by atoms with Gasteiger partial charge in [0.25, 0.3) is 0 Å². The molecule has 0 heterocycles. The van der Waals surface area contributed by atoms with Gasteiger partial charge in [0.15, 0.2) is 0 Å². The lowest BCUT2D eigenvalue weighted by molar-refractivity contribution is 0.841.